The van der Waals surface area contributed by atoms with Crippen LogP contribution in [-0.4, -0.2) is 13.0 Å². The molecule has 0 saturated carbocycles. The Hall–Kier alpha value is -2.13. The third kappa shape index (κ3) is 2.89. The molecule has 2 N–H and O–H groups in total. The number of hydrogen-bond donors (Lipinski definition) is 1. The summed E-state index contributed by atoms with van der Waals surface area (Å²) in [4.78, 5) is 14.3. The smallest absolute Gasteiger partial charge is 0.233 e. The van der Waals surface area contributed by atoms with E-state index in [4.69, 9.17) is 5.73 Å². The molecule has 0 fully saturated rings. The Morgan fingerprint density at radius 3 is 2.35 bits per heavy atom. The van der Waals surface area contributed by atoms with Gasteiger partial charge in [0.2, 0.25) is 5.91 Å². The number of amides is 1. The number of likely N-dealkylation sites (N-methyl/N-ethyl adjacent to an activating group) is 1. The van der Waals surface area contributed by atoms with Crippen molar-refractivity contribution in [1.29, 1.82) is 0 Å². The normalized spacial score (nSPS) is 11.9. The molecule has 0 radical (unpaired) electrons. The lowest BCUT2D eigenvalue weighted by Crippen LogP contribution is -2.31. The zero-order valence-corrected chi connectivity index (χ0v) is 11.9. The van der Waals surface area contributed by atoms with Crippen molar-refractivity contribution in [2.45, 2.75) is 19.4 Å². The fourth-order valence-electron chi connectivity index (χ4n) is 2.30. The fraction of sp³-hybridized carbons (Fsp3) is 0.235. The highest BCUT2D eigenvalue weighted by molar-refractivity contribution is 5.98. The van der Waals surface area contributed by atoms with Gasteiger partial charge in [0.25, 0.3) is 0 Å². The summed E-state index contributed by atoms with van der Waals surface area (Å²) in [6.45, 7) is 2.35. The van der Waals surface area contributed by atoms with Crippen LogP contribution in [0.4, 0.5) is 5.69 Å². The minimum atomic E-state index is -0.174. The van der Waals surface area contributed by atoms with Crippen molar-refractivity contribution in [3.05, 3.63) is 65.7 Å². The summed E-state index contributed by atoms with van der Waals surface area (Å²) in [6, 6.07) is 17.5. The molecule has 1 unspecified atom stereocenters. The van der Waals surface area contributed by atoms with Gasteiger partial charge in [0.05, 0.1) is 5.92 Å². The minimum absolute atomic E-state index is 0.0668. The maximum Gasteiger partial charge on any atom is 0.233 e. The van der Waals surface area contributed by atoms with Crippen molar-refractivity contribution in [2.75, 3.05) is 11.9 Å². The van der Waals surface area contributed by atoms with Gasteiger partial charge in [-0.25, -0.2) is 0 Å². The molecule has 3 heteroatoms. The number of benzene rings is 2. The Morgan fingerprint density at radius 1 is 1.10 bits per heavy atom. The average molecular weight is 268 g/mol. The van der Waals surface area contributed by atoms with Crippen LogP contribution in [-0.2, 0) is 11.3 Å². The quantitative estimate of drug-likeness (QED) is 0.926. The predicted octanol–water partition coefficient (Wildman–Crippen LogP) is 2.91. The lowest BCUT2D eigenvalue weighted by molar-refractivity contribution is -0.119. The number of nitrogens with two attached hydrogens (primary N) is 1. The van der Waals surface area contributed by atoms with Crippen LogP contribution in [0.1, 0.15) is 24.0 Å². The first-order valence-corrected chi connectivity index (χ1v) is 6.75. The summed E-state index contributed by atoms with van der Waals surface area (Å²) >= 11 is 0. The van der Waals surface area contributed by atoms with E-state index in [-0.39, 0.29) is 11.8 Å². The van der Waals surface area contributed by atoms with E-state index in [9.17, 15) is 4.79 Å². The van der Waals surface area contributed by atoms with Gasteiger partial charge in [0, 0.05) is 19.3 Å². The molecule has 2 aromatic carbocycles. The highest BCUT2D eigenvalue weighted by Crippen LogP contribution is 2.24. The summed E-state index contributed by atoms with van der Waals surface area (Å²) in [5.41, 5.74) is 8.61. The Balaban J connectivity index is 2.24. The first kappa shape index (κ1) is 14.3. The maximum atomic E-state index is 12.6. The van der Waals surface area contributed by atoms with Gasteiger partial charge in [-0.15, -0.1) is 0 Å². The first-order valence-electron chi connectivity index (χ1n) is 6.75. The van der Waals surface area contributed by atoms with Gasteiger partial charge in [0.1, 0.15) is 0 Å². The zero-order chi connectivity index (χ0) is 14.5. The number of anilines is 1. The molecule has 20 heavy (non-hydrogen) atoms. The molecule has 3 nitrogen and oxygen atoms in total. The second kappa shape index (κ2) is 6.35. The number of carbonyl (C=O) groups is 1. The molecular weight excluding hydrogens is 248 g/mol. The van der Waals surface area contributed by atoms with E-state index in [0.29, 0.717) is 6.54 Å². The molecule has 0 heterocycles. The summed E-state index contributed by atoms with van der Waals surface area (Å²) in [6.07, 6.45) is 0. The van der Waals surface area contributed by atoms with E-state index in [2.05, 4.69) is 0 Å². The Morgan fingerprint density at radius 2 is 1.70 bits per heavy atom. The third-order valence-electron chi connectivity index (χ3n) is 3.57. The number of rotatable bonds is 4. The van der Waals surface area contributed by atoms with E-state index in [0.717, 1.165) is 16.8 Å². The largest absolute Gasteiger partial charge is 0.326 e. The molecule has 2 rings (SSSR count). The van der Waals surface area contributed by atoms with Gasteiger partial charge in [-0.3, -0.25) is 4.79 Å². The van der Waals surface area contributed by atoms with Crippen LogP contribution in [0.3, 0.4) is 0 Å². The molecule has 104 valence electrons. The molecule has 1 amide bonds. The predicted molar refractivity (Wildman–Crippen MR) is 82.6 cm³/mol. The summed E-state index contributed by atoms with van der Waals surface area (Å²) in [5.74, 6) is -0.107. The second-order valence-corrected chi connectivity index (χ2v) is 4.86. The molecule has 0 aliphatic heterocycles. The molecule has 0 bridgehead atoms. The number of nitrogens with zero attached hydrogens (tertiary/aromatic N) is 1. The lowest BCUT2D eigenvalue weighted by atomic mass is 9.99. The topological polar surface area (TPSA) is 46.3 Å². The van der Waals surface area contributed by atoms with Crippen LogP contribution in [0.5, 0.6) is 0 Å². The zero-order valence-electron chi connectivity index (χ0n) is 11.9. The summed E-state index contributed by atoms with van der Waals surface area (Å²) < 4.78 is 0. The Bertz CT molecular complexity index is 581. The van der Waals surface area contributed by atoms with Crippen molar-refractivity contribution in [1.82, 2.24) is 0 Å². The van der Waals surface area contributed by atoms with Gasteiger partial charge < -0.3 is 10.6 Å². The Kier molecular flexibility index (Phi) is 4.53. The number of hydrogen-bond acceptors (Lipinski definition) is 2. The number of carbonyl (C=O) groups excluding carboxylic acids is 1. The van der Waals surface area contributed by atoms with Gasteiger partial charge in [0.15, 0.2) is 0 Å². The summed E-state index contributed by atoms with van der Waals surface area (Å²) in [7, 11) is 1.80. The molecule has 2 aromatic rings. The Labute approximate surface area is 120 Å². The molecule has 0 aliphatic rings. The van der Waals surface area contributed by atoms with Crippen molar-refractivity contribution >= 4 is 11.6 Å². The van der Waals surface area contributed by atoms with Crippen molar-refractivity contribution < 1.29 is 4.79 Å². The fourth-order valence-corrected chi connectivity index (χ4v) is 2.30. The maximum absolute atomic E-state index is 12.6. The van der Waals surface area contributed by atoms with Gasteiger partial charge in [-0.2, -0.15) is 0 Å². The molecular formula is C17H20N2O. The molecule has 1 atom stereocenters. The highest BCUT2D eigenvalue weighted by Gasteiger charge is 2.21. The van der Waals surface area contributed by atoms with E-state index in [1.54, 1.807) is 11.9 Å². The molecule has 0 spiro atoms. The standard InChI is InChI=1S/C17H20N2O/c1-13(14-8-4-3-5-9-14)17(20)19(2)16-11-7-6-10-15(16)12-18/h3-11,13H,12,18H2,1-2H3. The number of para-hydroxylation sites is 1. The minimum Gasteiger partial charge on any atom is -0.326 e. The van der Waals surface area contributed by atoms with Crippen LogP contribution in [0.2, 0.25) is 0 Å². The van der Waals surface area contributed by atoms with E-state index in [1.807, 2.05) is 61.5 Å². The monoisotopic (exact) mass is 268 g/mol. The van der Waals surface area contributed by atoms with E-state index in [1.165, 1.54) is 0 Å². The lowest BCUT2D eigenvalue weighted by Gasteiger charge is -2.24. The first-order chi connectivity index (χ1) is 9.65. The highest BCUT2D eigenvalue weighted by atomic mass is 16.2. The van der Waals surface area contributed by atoms with Crippen LogP contribution in [0.25, 0.3) is 0 Å². The van der Waals surface area contributed by atoms with Crippen molar-refractivity contribution in [3.63, 3.8) is 0 Å². The summed E-state index contributed by atoms with van der Waals surface area (Å²) in [5, 5.41) is 0. The van der Waals surface area contributed by atoms with E-state index >= 15 is 0 Å². The molecule has 0 saturated heterocycles. The SMILES string of the molecule is CC(C(=O)N(C)c1ccccc1CN)c1ccccc1. The third-order valence-corrected chi connectivity index (χ3v) is 3.57. The van der Waals surface area contributed by atoms with Gasteiger partial charge in [-0.05, 0) is 24.1 Å². The molecule has 0 aliphatic carbocycles. The van der Waals surface area contributed by atoms with Gasteiger partial charge in [-0.1, -0.05) is 48.5 Å². The second-order valence-electron chi connectivity index (χ2n) is 4.86. The van der Waals surface area contributed by atoms with Crippen molar-refractivity contribution in [2.24, 2.45) is 5.73 Å². The van der Waals surface area contributed by atoms with Crippen LogP contribution in [0.15, 0.2) is 54.6 Å². The van der Waals surface area contributed by atoms with Crippen LogP contribution < -0.4 is 10.6 Å². The van der Waals surface area contributed by atoms with Gasteiger partial charge >= 0.3 is 0 Å². The average Bonchev–Trinajstić information content (AvgIpc) is 2.53. The van der Waals surface area contributed by atoms with Crippen molar-refractivity contribution in [3.8, 4) is 0 Å². The van der Waals surface area contributed by atoms with Crippen LogP contribution >= 0.6 is 0 Å². The van der Waals surface area contributed by atoms with E-state index < -0.39 is 0 Å². The van der Waals surface area contributed by atoms with Crippen LogP contribution in [0, 0.1) is 0 Å². The molecule has 0 aromatic heterocycles.